The monoisotopic (exact) mass is 398 g/mol. The van der Waals surface area contributed by atoms with E-state index in [2.05, 4.69) is 9.88 Å². The van der Waals surface area contributed by atoms with E-state index in [9.17, 15) is 9.18 Å². The Labute approximate surface area is 170 Å². The number of hydrogen-bond acceptors (Lipinski definition) is 5. The Morgan fingerprint density at radius 3 is 2.66 bits per heavy atom. The third kappa shape index (κ3) is 4.62. The highest BCUT2D eigenvalue weighted by Gasteiger charge is 2.28. The summed E-state index contributed by atoms with van der Waals surface area (Å²) in [6.45, 7) is 5.93. The van der Waals surface area contributed by atoms with Crippen LogP contribution in [0.15, 0.2) is 30.5 Å². The van der Waals surface area contributed by atoms with Gasteiger partial charge in [0.25, 0.3) is 5.91 Å². The van der Waals surface area contributed by atoms with Crippen molar-refractivity contribution in [2.24, 2.45) is 0 Å². The molecular weight excluding hydrogens is 371 g/mol. The number of ether oxygens (including phenoxy) is 1. The lowest BCUT2D eigenvalue weighted by molar-refractivity contribution is 0.0301. The van der Waals surface area contributed by atoms with E-state index in [-0.39, 0.29) is 17.8 Å². The van der Waals surface area contributed by atoms with Gasteiger partial charge in [-0.3, -0.25) is 9.69 Å². The molecule has 0 unspecified atom stereocenters. The summed E-state index contributed by atoms with van der Waals surface area (Å²) in [6.07, 6.45) is 4.92. The first-order valence-electron chi connectivity index (χ1n) is 10.3. The minimum atomic E-state index is -0.219. The Morgan fingerprint density at radius 2 is 1.93 bits per heavy atom. The summed E-state index contributed by atoms with van der Waals surface area (Å²) in [6, 6.07) is 6.77. The van der Waals surface area contributed by atoms with E-state index < -0.39 is 0 Å². The molecule has 0 N–H and O–H groups in total. The molecule has 6 nitrogen and oxygen atoms in total. The molecule has 1 aromatic heterocycles. The van der Waals surface area contributed by atoms with E-state index in [0.29, 0.717) is 31.9 Å². The van der Waals surface area contributed by atoms with Crippen LogP contribution in [0.1, 0.15) is 52.7 Å². The van der Waals surface area contributed by atoms with Crippen LogP contribution in [0.25, 0.3) is 0 Å². The van der Waals surface area contributed by atoms with Crippen molar-refractivity contribution in [1.82, 2.24) is 19.8 Å². The quantitative estimate of drug-likeness (QED) is 0.792. The molecule has 4 rings (SSSR count). The fraction of sp³-hybridized carbons (Fsp3) is 0.500. The molecule has 0 aliphatic carbocycles. The van der Waals surface area contributed by atoms with Crippen molar-refractivity contribution >= 4 is 5.91 Å². The highest BCUT2D eigenvalue weighted by Crippen LogP contribution is 2.30. The molecule has 0 saturated carbocycles. The van der Waals surface area contributed by atoms with Crippen LogP contribution >= 0.6 is 0 Å². The molecule has 154 valence electrons. The minimum absolute atomic E-state index is 0.0239. The largest absolute Gasteiger partial charge is 0.378 e. The summed E-state index contributed by atoms with van der Waals surface area (Å²) in [4.78, 5) is 26.3. The smallest absolute Gasteiger partial charge is 0.257 e. The molecule has 3 heterocycles. The van der Waals surface area contributed by atoms with Crippen LogP contribution < -0.4 is 0 Å². The minimum Gasteiger partial charge on any atom is -0.378 e. The van der Waals surface area contributed by atoms with E-state index in [1.165, 1.54) is 12.1 Å². The van der Waals surface area contributed by atoms with E-state index in [1.807, 2.05) is 19.1 Å². The van der Waals surface area contributed by atoms with Crippen molar-refractivity contribution in [2.45, 2.75) is 38.8 Å². The average Bonchev–Trinajstić information content (AvgIpc) is 2.76. The molecule has 1 amide bonds. The van der Waals surface area contributed by atoms with Crippen molar-refractivity contribution < 1.29 is 13.9 Å². The number of amides is 1. The Bertz CT molecular complexity index is 852. The number of aryl methyl sites for hydroxylation is 1. The first-order chi connectivity index (χ1) is 14.1. The number of aromatic nitrogens is 2. The predicted octanol–water partition coefficient (Wildman–Crippen LogP) is 3.12. The van der Waals surface area contributed by atoms with Gasteiger partial charge in [-0.1, -0.05) is 18.6 Å². The van der Waals surface area contributed by atoms with Gasteiger partial charge in [-0.15, -0.1) is 0 Å². The van der Waals surface area contributed by atoms with Crippen molar-refractivity contribution in [3.63, 3.8) is 0 Å². The second kappa shape index (κ2) is 8.97. The lowest BCUT2D eigenvalue weighted by atomic mass is 10.00. The second-order valence-electron chi connectivity index (χ2n) is 7.74. The summed E-state index contributed by atoms with van der Waals surface area (Å²) in [5.74, 6) is 0.524. The van der Waals surface area contributed by atoms with E-state index in [4.69, 9.17) is 9.72 Å². The van der Waals surface area contributed by atoms with Gasteiger partial charge in [0.05, 0.1) is 30.5 Å². The van der Waals surface area contributed by atoms with Crippen LogP contribution in [0, 0.1) is 12.7 Å². The topological polar surface area (TPSA) is 58.6 Å². The molecule has 2 aliphatic heterocycles. The van der Waals surface area contributed by atoms with Gasteiger partial charge in [0.1, 0.15) is 11.6 Å². The van der Waals surface area contributed by atoms with Crippen LogP contribution in [0.2, 0.25) is 0 Å². The molecule has 2 fully saturated rings. The SMILES string of the molecule is Cc1nc([C@H]2CCCCN2Cc2ccc(F)cc2)ncc1C(=O)N1CCOCC1. The van der Waals surface area contributed by atoms with Gasteiger partial charge in [0.2, 0.25) is 0 Å². The van der Waals surface area contributed by atoms with Crippen molar-refractivity contribution in [2.75, 3.05) is 32.8 Å². The molecule has 2 aliphatic rings. The normalized spacial score (nSPS) is 20.6. The fourth-order valence-electron chi connectivity index (χ4n) is 4.09. The number of carbonyl (C=O) groups is 1. The summed E-state index contributed by atoms with van der Waals surface area (Å²) >= 11 is 0. The summed E-state index contributed by atoms with van der Waals surface area (Å²) in [7, 11) is 0. The van der Waals surface area contributed by atoms with Gasteiger partial charge in [-0.05, 0) is 44.0 Å². The van der Waals surface area contributed by atoms with Crippen molar-refractivity contribution in [3.05, 3.63) is 58.9 Å². The Morgan fingerprint density at radius 1 is 1.17 bits per heavy atom. The summed E-state index contributed by atoms with van der Waals surface area (Å²) in [5, 5.41) is 0. The maximum atomic E-state index is 13.2. The predicted molar refractivity (Wildman–Crippen MR) is 107 cm³/mol. The highest BCUT2D eigenvalue weighted by atomic mass is 19.1. The Kier molecular flexibility index (Phi) is 6.16. The van der Waals surface area contributed by atoms with Crippen LogP contribution in [-0.4, -0.2) is 58.5 Å². The van der Waals surface area contributed by atoms with Crippen LogP contribution in [0.3, 0.4) is 0 Å². The maximum absolute atomic E-state index is 13.2. The number of piperidine rings is 1. The van der Waals surface area contributed by atoms with E-state index >= 15 is 0 Å². The van der Waals surface area contributed by atoms with Crippen LogP contribution in [0.5, 0.6) is 0 Å². The zero-order chi connectivity index (χ0) is 20.2. The first kappa shape index (κ1) is 19.9. The maximum Gasteiger partial charge on any atom is 0.257 e. The molecule has 0 radical (unpaired) electrons. The number of likely N-dealkylation sites (tertiary alicyclic amines) is 1. The van der Waals surface area contributed by atoms with E-state index in [1.54, 1.807) is 11.1 Å². The summed E-state index contributed by atoms with van der Waals surface area (Å²) < 4.78 is 18.5. The van der Waals surface area contributed by atoms with Gasteiger partial charge >= 0.3 is 0 Å². The van der Waals surface area contributed by atoms with Gasteiger partial charge in [0, 0.05) is 25.8 Å². The van der Waals surface area contributed by atoms with Crippen molar-refractivity contribution in [1.29, 1.82) is 0 Å². The third-order valence-electron chi connectivity index (χ3n) is 5.74. The van der Waals surface area contributed by atoms with Crippen molar-refractivity contribution in [3.8, 4) is 0 Å². The number of nitrogens with zero attached hydrogens (tertiary/aromatic N) is 4. The standard InChI is InChI=1S/C22H27FN4O2/c1-16-19(22(28)26-10-12-29-13-11-26)14-24-21(25-16)20-4-2-3-9-27(20)15-17-5-7-18(23)8-6-17/h5-8,14,20H,2-4,9-13,15H2,1H3/t20-/m1/s1. The Hall–Kier alpha value is -2.38. The molecule has 0 bridgehead atoms. The van der Waals surface area contributed by atoms with Gasteiger partial charge in [0.15, 0.2) is 0 Å². The van der Waals surface area contributed by atoms with Gasteiger partial charge in [-0.25, -0.2) is 14.4 Å². The van der Waals surface area contributed by atoms with Gasteiger partial charge in [-0.2, -0.15) is 0 Å². The number of hydrogen-bond donors (Lipinski definition) is 0. The molecule has 2 saturated heterocycles. The second-order valence-corrected chi connectivity index (χ2v) is 7.74. The van der Waals surface area contributed by atoms with Crippen LogP contribution in [-0.2, 0) is 11.3 Å². The number of halogens is 1. The fourth-order valence-corrected chi connectivity index (χ4v) is 4.09. The van der Waals surface area contributed by atoms with E-state index in [0.717, 1.165) is 49.4 Å². The zero-order valence-electron chi connectivity index (χ0n) is 16.8. The third-order valence-corrected chi connectivity index (χ3v) is 5.74. The average molecular weight is 398 g/mol. The molecule has 0 spiro atoms. The molecular formula is C22H27FN4O2. The zero-order valence-corrected chi connectivity index (χ0v) is 16.8. The molecule has 2 aromatic rings. The number of rotatable bonds is 4. The lowest BCUT2D eigenvalue weighted by Crippen LogP contribution is -2.41. The number of benzene rings is 1. The summed E-state index contributed by atoms with van der Waals surface area (Å²) in [5.41, 5.74) is 2.37. The molecule has 1 aromatic carbocycles. The Balaban J connectivity index is 1.51. The number of carbonyl (C=O) groups excluding carboxylic acids is 1. The van der Waals surface area contributed by atoms with Gasteiger partial charge < -0.3 is 9.64 Å². The molecule has 1 atom stereocenters. The highest BCUT2D eigenvalue weighted by molar-refractivity contribution is 5.95. The molecule has 29 heavy (non-hydrogen) atoms. The first-order valence-corrected chi connectivity index (χ1v) is 10.3. The number of morpholine rings is 1. The lowest BCUT2D eigenvalue weighted by Gasteiger charge is -2.35. The molecule has 7 heteroatoms. The van der Waals surface area contributed by atoms with Crippen LogP contribution in [0.4, 0.5) is 4.39 Å².